The van der Waals surface area contributed by atoms with E-state index in [1.54, 1.807) is 0 Å². The molecular weight excluding hydrogens is 1060 g/mol. The van der Waals surface area contributed by atoms with Crippen LogP contribution < -0.4 is 0 Å². The number of unbranched alkanes of at least 4 members (excludes halogenated alkanes) is 40. The van der Waals surface area contributed by atoms with Crippen molar-refractivity contribution in [3.05, 3.63) is 72.9 Å². The van der Waals surface area contributed by atoms with E-state index >= 15 is 0 Å². The SMILES string of the molecule is CC/C=C\C/C=C\C/C=C\C/C=C\CCCCCCCCCCCCCCCCCCCCCCC(=O)OC(COC(=O)CCCCCCCCCCCCCCCCC/C=C\C/C=C\CCCCCCC)COP(=O)(O)OCC[N+](C)(C)C. The zero-order chi connectivity index (χ0) is 61.2. The molecule has 1 N–H and O–H groups in total. The number of likely N-dealkylation sites (N-methyl/N-ethyl adjacent to an activating group) is 1. The van der Waals surface area contributed by atoms with Crippen molar-refractivity contribution in [2.45, 2.75) is 341 Å². The Kier molecular flexibility index (Phi) is 62.9. The lowest BCUT2D eigenvalue weighted by Gasteiger charge is -2.24. The fraction of sp³-hybridized carbons (Fsp3) is 0.811. The molecule has 0 aromatic heterocycles. The van der Waals surface area contributed by atoms with Gasteiger partial charge in [0.1, 0.15) is 19.8 Å². The first-order valence-corrected chi connectivity index (χ1v) is 37.2. The van der Waals surface area contributed by atoms with E-state index in [9.17, 15) is 19.0 Å². The maximum atomic E-state index is 12.9. The second kappa shape index (κ2) is 64.9. The Morgan fingerprint density at radius 3 is 1.01 bits per heavy atom. The lowest BCUT2D eigenvalue weighted by atomic mass is 10.0. The van der Waals surface area contributed by atoms with Crippen LogP contribution in [0.2, 0.25) is 0 Å². The highest BCUT2D eigenvalue weighted by molar-refractivity contribution is 7.47. The number of hydrogen-bond acceptors (Lipinski definition) is 7. The third kappa shape index (κ3) is 68.6. The van der Waals surface area contributed by atoms with E-state index in [2.05, 4.69) is 86.8 Å². The van der Waals surface area contributed by atoms with Crippen molar-refractivity contribution in [3.8, 4) is 0 Å². The third-order valence-corrected chi connectivity index (χ3v) is 16.7. The Morgan fingerprint density at radius 2 is 0.679 bits per heavy atom. The third-order valence-electron chi connectivity index (χ3n) is 15.7. The van der Waals surface area contributed by atoms with Crippen molar-refractivity contribution in [1.29, 1.82) is 0 Å². The molecule has 9 nitrogen and oxygen atoms in total. The molecule has 10 heteroatoms. The predicted molar refractivity (Wildman–Crippen MR) is 363 cm³/mol. The fourth-order valence-corrected chi connectivity index (χ4v) is 11.0. The molecule has 0 heterocycles. The maximum Gasteiger partial charge on any atom is 0.472 e. The van der Waals surface area contributed by atoms with Gasteiger partial charge in [-0.15, -0.1) is 0 Å². The summed E-state index contributed by atoms with van der Waals surface area (Å²) in [6.45, 7) is 4.36. The second-order valence-corrected chi connectivity index (χ2v) is 26.7. The molecule has 0 aliphatic heterocycles. The molecule has 0 radical (unpaired) electrons. The molecule has 2 unspecified atom stereocenters. The quantitative estimate of drug-likeness (QED) is 0.0211. The number of allylic oxidation sites excluding steroid dienone is 12. The summed E-state index contributed by atoms with van der Waals surface area (Å²) in [4.78, 5) is 35.9. The number of phosphoric acid groups is 1. The Morgan fingerprint density at radius 1 is 0.381 bits per heavy atom. The van der Waals surface area contributed by atoms with Crippen LogP contribution in [0.4, 0.5) is 0 Å². The fourth-order valence-electron chi connectivity index (χ4n) is 10.3. The summed E-state index contributed by atoms with van der Waals surface area (Å²) in [7, 11) is 1.49. The van der Waals surface area contributed by atoms with Crippen LogP contribution in [0.15, 0.2) is 72.9 Å². The summed E-state index contributed by atoms with van der Waals surface area (Å²) in [6, 6.07) is 0. The first-order chi connectivity index (χ1) is 41.0. The van der Waals surface area contributed by atoms with E-state index in [0.717, 1.165) is 64.2 Å². The van der Waals surface area contributed by atoms with Crippen molar-refractivity contribution in [2.75, 3.05) is 47.5 Å². The first kappa shape index (κ1) is 81.5. The van der Waals surface area contributed by atoms with Crippen LogP contribution in [0, 0.1) is 0 Å². The Hall–Kier alpha value is -2.55. The van der Waals surface area contributed by atoms with Gasteiger partial charge in [0.2, 0.25) is 0 Å². The molecule has 0 amide bonds. The Bertz CT molecular complexity index is 1650. The minimum atomic E-state index is -4.39. The second-order valence-electron chi connectivity index (χ2n) is 25.2. The molecule has 0 saturated heterocycles. The van der Waals surface area contributed by atoms with Crippen molar-refractivity contribution in [3.63, 3.8) is 0 Å². The van der Waals surface area contributed by atoms with Crippen LogP contribution in [0.1, 0.15) is 335 Å². The summed E-state index contributed by atoms with van der Waals surface area (Å²) in [5, 5.41) is 0. The van der Waals surface area contributed by atoms with Gasteiger partial charge in [-0.2, -0.15) is 0 Å². The van der Waals surface area contributed by atoms with Gasteiger partial charge in [-0.1, -0.05) is 311 Å². The van der Waals surface area contributed by atoms with Gasteiger partial charge in [-0.05, 0) is 83.5 Å². The maximum absolute atomic E-state index is 12.9. The highest BCUT2D eigenvalue weighted by atomic mass is 31.2. The van der Waals surface area contributed by atoms with E-state index < -0.39 is 26.5 Å². The highest BCUT2D eigenvalue weighted by Crippen LogP contribution is 2.43. The van der Waals surface area contributed by atoms with Crippen molar-refractivity contribution in [2.24, 2.45) is 0 Å². The molecule has 0 rings (SSSR count). The number of quaternary nitrogens is 1. The number of esters is 2. The lowest BCUT2D eigenvalue weighted by molar-refractivity contribution is -0.870. The number of nitrogens with zero attached hydrogens (tertiary/aromatic N) is 1. The molecule has 0 aliphatic rings. The number of ether oxygens (including phenoxy) is 2. The largest absolute Gasteiger partial charge is 0.472 e. The molecule has 0 bridgehead atoms. The van der Waals surface area contributed by atoms with E-state index in [0.29, 0.717) is 23.9 Å². The molecule has 84 heavy (non-hydrogen) atoms. The standard InChI is InChI=1S/C74H136NO8P/c1-6-8-10-12-14-16-18-20-22-24-26-28-30-32-34-35-36-37-38-39-41-43-45-47-49-51-53-55-57-59-61-63-65-67-74(77)83-72(71-82-84(78,79)81-69-68-75(3,4)5)70-80-73(76)66-64-62-60-58-56-54-52-50-48-46-44-42-40-33-31-29-27-25-23-21-19-17-15-13-11-9-7-2/h8,10,14,16,19-22,25-28,72H,6-7,9,11-13,15,17-18,23-24,29-71H2,1-5H3/p+1/b10-8-,16-14-,21-19-,22-20-,27-25-,28-26-. The molecule has 2 atom stereocenters. The van der Waals surface area contributed by atoms with Gasteiger partial charge in [0.05, 0.1) is 27.7 Å². The number of carbonyl (C=O) groups excluding carboxylic acids is 2. The highest BCUT2D eigenvalue weighted by Gasteiger charge is 2.27. The van der Waals surface area contributed by atoms with Crippen molar-refractivity contribution in [1.82, 2.24) is 0 Å². The van der Waals surface area contributed by atoms with Crippen LogP contribution in [0.3, 0.4) is 0 Å². The van der Waals surface area contributed by atoms with Gasteiger partial charge in [0.15, 0.2) is 6.10 Å². The summed E-state index contributed by atoms with van der Waals surface area (Å²) < 4.78 is 34.8. The minimum Gasteiger partial charge on any atom is -0.462 e. The predicted octanol–water partition coefficient (Wildman–Crippen LogP) is 23.2. The van der Waals surface area contributed by atoms with E-state index in [4.69, 9.17) is 18.5 Å². The summed E-state index contributed by atoms with van der Waals surface area (Å²) >= 11 is 0. The van der Waals surface area contributed by atoms with Crippen LogP contribution >= 0.6 is 7.82 Å². The molecule has 0 aliphatic carbocycles. The Labute approximate surface area is 520 Å². The van der Waals surface area contributed by atoms with Crippen LogP contribution in [0.25, 0.3) is 0 Å². The van der Waals surface area contributed by atoms with E-state index in [1.807, 2.05) is 21.1 Å². The van der Waals surface area contributed by atoms with Gasteiger partial charge < -0.3 is 18.9 Å². The number of hydrogen-bond donors (Lipinski definition) is 1. The minimum absolute atomic E-state index is 0.0322. The van der Waals surface area contributed by atoms with Gasteiger partial charge in [-0.25, -0.2) is 4.57 Å². The summed E-state index contributed by atoms with van der Waals surface area (Å²) in [5.41, 5.74) is 0. The molecule has 0 fully saturated rings. The van der Waals surface area contributed by atoms with Gasteiger partial charge in [-0.3, -0.25) is 18.6 Å². The monoisotopic (exact) mass is 1200 g/mol. The average molecular weight is 1200 g/mol. The van der Waals surface area contributed by atoms with Crippen LogP contribution in [-0.4, -0.2) is 74.9 Å². The van der Waals surface area contributed by atoms with E-state index in [-0.39, 0.29) is 25.6 Å². The molecule has 0 saturated carbocycles. The smallest absolute Gasteiger partial charge is 0.462 e. The molecule has 0 aromatic rings. The molecular formula is C74H137NO8P+. The number of phosphoric ester groups is 1. The van der Waals surface area contributed by atoms with Gasteiger partial charge in [0.25, 0.3) is 0 Å². The van der Waals surface area contributed by atoms with E-state index in [1.165, 1.54) is 238 Å². The number of carbonyl (C=O) groups is 2. The zero-order valence-corrected chi connectivity index (χ0v) is 56.8. The van der Waals surface area contributed by atoms with Gasteiger partial charge in [0, 0.05) is 12.8 Å². The normalized spacial score (nSPS) is 13.5. The molecule has 0 aromatic carbocycles. The first-order valence-electron chi connectivity index (χ1n) is 35.7. The number of rotatable bonds is 66. The average Bonchev–Trinajstić information content (AvgIpc) is 3.61. The molecule has 0 spiro atoms. The van der Waals surface area contributed by atoms with Crippen LogP contribution in [0.5, 0.6) is 0 Å². The van der Waals surface area contributed by atoms with Crippen molar-refractivity contribution < 1.29 is 42.1 Å². The lowest BCUT2D eigenvalue weighted by Crippen LogP contribution is -2.37. The van der Waals surface area contributed by atoms with Crippen LogP contribution in [-0.2, 0) is 32.7 Å². The van der Waals surface area contributed by atoms with Crippen molar-refractivity contribution >= 4 is 19.8 Å². The molecule has 490 valence electrons. The summed E-state index contributed by atoms with van der Waals surface area (Å²) in [6.07, 6.45) is 87.3. The zero-order valence-electron chi connectivity index (χ0n) is 55.9. The van der Waals surface area contributed by atoms with Gasteiger partial charge >= 0.3 is 19.8 Å². The Balaban J connectivity index is 4.00. The topological polar surface area (TPSA) is 108 Å². The summed E-state index contributed by atoms with van der Waals surface area (Å²) in [5.74, 6) is -0.782.